The molecule has 2 aromatic rings. The first kappa shape index (κ1) is 19.2. The molecule has 0 aliphatic carbocycles. The highest BCUT2D eigenvalue weighted by Gasteiger charge is 2.22. The minimum Gasteiger partial charge on any atom is -0.493 e. The van der Waals surface area contributed by atoms with Crippen LogP contribution in [-0.4, -0.2) is 30.1 Å². The molecule has 0 amide bonds. The maximum Gasteiger partial charge on any atom is 0.162 e. The quantitative estimate of drug-likeness (QED) is 0.584. The van der Waals surface area contributed by atoms with Gasteiger partial charge in [-0.05, 0) is 52.4 Å². The van der Waals surface area contributed by atoms with E-state index in [1.165, 1.54) is 12.8 Å². The lowest BCUT2D eigenvalue weighted by Crippen LogP contribution is -2.37. The molecular weight excluding hydrogens is 410 g/mol. The van der Waals surface area contributed by atoms with Crippen molar-refractivity contribution in [3.05, 3.63) is 58.1 Å². The Kier molecular flexibility index (Phi) is 6.54. The van der Waals surface area contributed by atoms with Crippen LogP contribution in [-0.2, 0) is 6.61 Å². The summed E-state index contributed by atoms with van der Waals surface area (Å²) in [5, 5.41) is 0. The minimum atomic E-state index is 0.497. The number of methoxy groups -OCH3 is 1. The van der Waals surface area contributed by atoms with Crippen LogP contribution >= 0.6 is 28.1 Å². The van der Waals surface area contributed by atoms with Crippen LogP contribution in [0, 0.1) is 5.92 Å². The van der Waals surface area contributed by atoms with Crippen molar-refractivity contribution in [2.24, 2.45) is 5.92 Å². The summed E-state index contributed by atoms with van der Waals surface area (Å²) >= 11 is 9.42. The summed E-state index contributed by atoms with van der Waals surface area (Å²) < 4.78 is 12.5. The summed E-state index contributed by atoms with van der Waals surface area (Å²) in [6.45, 7) is 4.83. The average molecular weight is 434 g/mol. The van der Waals surface area contributed by atoms with Crippen LogP contribution in [0.3, 0.4) is 0 Å². The van der Waals surface area contributed by atoms with Gasteiger partial charge < -0.3 is 14.4 Å². The SMILES string of the molecule is COc1cc(C(=S)N2CCC(C)CC2)c(Br)cc1OCc1ccccc1. The van der Waals surface area contributed by atoms with Gasteiger partial charge in [0.15, 0.2) is 11.5 Å². The van der Waals surface area contributed by atoms with Crippen molar-refractivity contribution in [3.63, 3.8) is 0 Å². The Morgan fingerprint density at radius 2 is 1.85 bits per heavy atom. The van der Waals surface area contributed by atoms with Gasteiger partial charge in [-0.25, -0.2) is 0 Å². The van der Waals surface area contributed by atoms with Crippen molar-refractivity contribution in [1.82, 2.24) is 4.90 Å². The highest BCUT2D eigenvalue weighted by Crippen LogP contribution is 2.35. The van der Waals surface area contributed by atoms with E-state index in [1.807, 2.05) is 42.5 Å². The fraction of sp³-hybridized carbons (Fsp3) is 0.381. The molecular formula is C21H24BrNO2S. The van der Waals surface area contributed by atoms with Gasteiger partial charge in [0.25, 0.3) is 0 Å². The maximum atomic E-state index is 5.98. The summed E-state index contributed by atoms with van der Waals surface area (Å²) in [6.07, 6.45) is 2.38. The molecule has 1 fully saturated rings. The third-order valence-corrected chi connectivity index (χ3v) is 5.93. The number of halogens is 1. The first-order valence-corrected chi connectivity index (χ1v) is 10.1. The lowest BCUT2D eigenvalue weighted by molar-refractivity contribution is 0.282. The molecule has 1 heterocycles. The number of hydrogen-bond donors (Lipinski definition) is 0. The molecule has 26 heavy (non-hydrogen) atoms. The van der Waals surface area contributed by atoms with Gasteiger partial charge >= 0.3 is 0 Å². The minimum absolute atomic E-state index is 0.497. The van der Waals surface area contributed by atoms with E-state index in [1.54, 1.807) is 7.11 Å². The second-order valence-electron chi connectivity index (χ2n) is 6.73. The van der Waals surface area contributed by atoms with Crippen molar-refractivity contribution in [2.75, 3.05) is 20.2 Å². The lowest BCUT2D eigenvalue weighted by Gasteiger charge is -2.32. The molecule has 5 heteroatoms. The van der Waals surface area contributed by atoms with E-state index in [9.17, 15) is 0 Å². The first-order chi connectivity index (χ1) is 12.6. The standard InChI is InChI=1S/C21H24BrNO2S/c1-15-8-10-23(11-9-15)21(26)17-12-19(24-2)20(13-18(17)22)25-14-16-6-4-3-5-7-16/h3-7,12-13,15H,8-11,14H2,1-2H3. The molecule has 2 aromatic carbocycles. The summed E-state index contributed by atoms with van der Waals surface area (Å²) in [7, 11) is 1.66. The Morgan fingerprint density at radius 3 is 2.50 bits per heavy atom. The maximum absolute atomic E-state index is 5.98. The first-order valence-electron chi connectivity index (χ1n) is 8.92. The lowest BCUT2D eigenvalue weighted by atomic mass is 9.99. The number of piperidine rings is 1. The second kappa shape index (κ2) is 8.87. The fourth-order valence-corrected chi connectivity index (χ4v) is 4.08. The summed E-state index contributed by atoms with van der Waals surface area (Å²) in [5.41, 5.74) is 2.10. The monoisotopic (exact) mass is 433 g/mol. The van der Waals surface area contributed by atoms with Crippen LogP contribution in [0.2, 0.25) is 0 Å². The number of hydrogen-bond acceptors (Lipinski definition) is 3. The predicted molar refractivity (Wildman–Crippen MR) is 113 cm³/mol. The molecule has 3 rings (SSSR count). The van der Waals surface area contributed by atoms with Gasteiger partial charge in [0.1, 0.15) is 11.6 Å². The summed E-state index contributed by atoms with van der Waals surface area (Å²) in [4.78, 5) is 3.16. The van der Waals surface area contributed by atoms with Crippen molar-refractivity contribution in [1.29, 1.82) is 0 Å². The Hall–Kier alpha value is -1.59. The molecule has 1 saturated heterocycles. The van der Waals surface area contributed by atoms with Crippen LogP contribution < -0.4 is 9.47 Å². The topological polar surface area (TPSA) is 21.7 Å². The Balaban J connectivity index is 1.77. The van der Waals surface area contributed by atoms with E-state index < -0.39 is 0 Å². The molecule has 0 unspecified atom stereocenters. The highest BCUT2D eigenvalue weighted by atomic mass is 79.9. The molecule has 0 N–H and O–H groups in total. The summed E-state index contributed by atoms with van der Waals surface area (Å²) in [5.74, 6) is 2.19. The van der Waals surface area contributed by atoms with E-state index in [0.29, 0.717) is 18.1 Å². The van der Waals surface area contributed by atoms with Crippen LogP contribution in [0.1, 0.15) is 30.9 Å². The number of thiocarbonyl (C=S) groups is 1. The second-order valence-corrected chi connectivity index (χ2v) is 7.97. The number of ether oxygens (including phenoxy) is 2. The molecule has 0 spiro atoms. The van der Waals surface area contributed by atoms with Crippen LogP contribution in [0.25, 0.3) is 0 Å². The number of likely N-dealkylation sites (tertiary alicyclic amines) is 1. The van der Waals surface area contributed by atoms with Gasteiger partial charge in [-0.2, -0.15) is 0 Å². The zero-order valence-electron chi connectivity index (χ0n) is 15.2. The number of nitrogens with zero attached hydrogens (tertiary/aromatic N) is 1. The van der Waals surface area contributed by atoms with E-state index in [0.717, 1.165) is 39.6 Å². The molecule has 138 valence electrons. The normalized spacial score (nSPS) is 15.0. The van der Waals surface area contributed by atoms with Gasteiger partial charge in [-0.3, -0.25) is 0 Å². The molecule has 0 bridgehead atoms. The van der Waals surface area contributed by atoms with Gasteiger partial charge in [-0.1, -0.05) is 49.5 Å². The van der Waals surface area contributed by atoms with Crippen molar-refractivity contribution >= 4 is 33.1 Å². The molecule has 1 aliphatic rings. The Bertz CT molecular complexity index is 758. The van der Waals surface area contributed by atoms with Crippen LogP contribution in [0.4, 0.5) is 0 Å². The highest BCUT2D eigenvalue weighted by molar-refractivity contribution is 9.10. The molecule has 3 nitrogen and oxygen atoms in total. The molecule has 0 saturated carbocycles. The van der Waals surface area contributed by atoms with Gasteiger partial charge in [0.2, 0.25) is 0 Å². The van der Waals surface area contributed by atoms with Crippen LogP contribution in [0.5, 0.6) is 11.5 Å². The van der Waals surface area contributed by atoms with Gasteiger partial charge in [0, 0.05) is 23.1 Å². The third-order valence-electron chi connectivity index (χ3n) is 4.79. The molecule has 1 aliphatic heterocycles. The smallest absolute Gasteiger partial charge is 0.162 e. The molecule has 0 aromatic heterocycles. The fourth-order valence-electron chi connectivity index (χ4n) is 3.09. The summed E-state index contributed by atoms with van der Waals surface area (Å²) in [6, 6.07) is 14.0. The number of rotatable bonds is 5. The zero-order valence-corrected chi connectivity index (χ0v) is 17.6. The Morgan fingerprint density at radius 1 is 1.15 bits per heavy atom. The predicted octanol–water partition coefficient (Wildman–Crippen LogP) is 5.44. The van der Waals surface area contributed by atoms with E-state index in [2.05, 4.69) is 27.8 Å². The van der Waals surface area contributed by atoms with E-state index in [4.69, 9.17) is 21.7 Å². The Labute approximate surface area is 169 Å². The van der Waals surface area contributed by atoms with Gasteiger partial charge in [0.05, 0.1) is 7.11 Å². The number of benzene rings is 2. The molecule has 0 atom stereocenters. The van der Waals surface area contributed by atoms with Crippen molar-refractivity contribution in [3.8, 4) is 11.5 Å². The largest absolute Gasteiger partial charge is 0.493 e. The van der Waals surface area contributed by atoms with E-state index in [-0.39, 0.29) is 0 Å². The van der Waals surface area contributed by atoms with Gasteiger partial charge in [-0.15, -0.1) is 0 Å². The average Bonchev–Trinajstić information content (AvgIpc) is 2.67. The van der Waals surface area contributed by atoms with Crippen molar-refractivity contribution in [2.45, 2.75) is 26.4 Å². The third kappa shape index (κ3) is 4.57. The molecule has 0 radical (unpaired) electrons. The zero-order chi connectivity index (χ0) is 18.5. The van der Waals surface area contributed by atoms with Crippen molar-refractivity contribution < 1.29 is 9.47 Å². The van der Waals surface area contributed by atoms with Crippen LogP contribution in [0.15, 0.2) is 46.9 Å². The van der Waals surface area contributed by atoms with E-state index >= 15 is 0 Å².